The largest absolute Gasteiger partial charge is 0.514 e. The number of ether oxygens (including phenoxy) is 3. The minimum absolute atomic E-state index is 0.0793. The summed E-state index contributed by atoms with van der Waals surface area (Å²) in [7, 11) is 0. The molecule has 9 heteroatoms. The minimum atomic E-state index is -0.815. The predicted molar refractivity (Wildman–Crippen MR) is 103 cm³/mol. The van der Waals surface area contributed by atoms with Crippen molar-refractivity contribution in [2.45, 2.75) is 58.2 Å². The van der Waals surface area contributed by atoms with Crippen LogP contribution in [0.15, 0.2) is 24.3 Å². The van der Waals surface area contributed by atoms with Crippen LogP contribution in [0, 0.1) is 15.5 Å². The van der Waals surface area contributed by atoms with E-state index in [2.05, 4.69) is 0 Å². The normalized spacial score (nSPS) is 18.7. The number of benzene rings is 1. The second-order valence-electron chi connectivity index (χ2n) is 8.72. The topological polar surface area (TPSA) is 108 Å². The van der Waals surface area contributed by atoms with E-state index in [9.17, 15) is 19.7 Å². The fourth-order valence-electron chi connectivity index (χ4n) is 3.78. The monoisotopic (exact) mass is 406 g/mol. The average molecular weight is 406 g/mol. The van der Waals surface area contributed by atoms with Crippen molar-refractivity contribution in [2.24, 2.45) is 5.41 Å². The molecule has 1 amide bonds. The lowest BCUT2D eigenvalue weighted by atomic mass is 9.61. The molecule has 0 bridgehead atoms. The molecule has 158 valence electrons. The highest BCUT2D eigenvalue weighted by molar-refractivity contribution is 5.68. The molecule has 2 fully saturated rings. The summed E-state index contributed by atoms with van der Waals surface area (Å²) < 4.78 is 15.8. The Hall–Kier alpha value is -2.84. The number of carbonyl (C=O) groups is 2. The van der Waals surface area contributed by atoms with Crippen molar-refractivity contribution >= 4 is 17.9 Å². The van der Waals surface area contributed by atoms with E-state index >= 15 is 0 Å². The molecular formula is C20H26N2O7. The van der Waals surface area contributed by atoms with Gasteiger partial charge in [0.15, 0.2) is 0 Å². The summed E-state index contributed by atoms with van der Waals surface area (Å²) in [5.74, 6) is 0.195. The molecular weight excluding hydrogens is 380 g/mol. The van der Waals surface area contributed by atoms with Crippen molar-refractivity contribution in [1.29, 1.82) is 0 Å². The summed E-state index contributed by atoms with van der Waals surface area (Å²) in [5, 5.41) is 10.6. The molecule has 1 aromatic rings. The molecule has 1 saturated carbocycles. The number of rotatable bonds is 3. The summed E-state index contributed by atoms with van der Waals surface area (Å²) >= 11 is 0. The van der Waals surface area contributed by atoms with Gasteiger partial charge in [-0.25, -0.2) is 9.59 Å². The van der Waals surface area contributed by atoms with Crippen molar-refractivity contribution in [2.75, 3.05) is 13.1 Å². The molecule has 0 atom stereocenters. The van der Waals surface area contributed by atoms with Crippen molar-refractivity contribution in [3.63, 3.8) is 0 Å². The van der Waals surface area contributed by atoms with Crippen LogP contribution < -0.4 is 4.74 Å². The number of hydrogen-bond donors (Lipinski definition) is 0. The Balaban J connectivity index is 1.40. The van der Waals surface area contributed by atoms with Crippen LogP contribution in [0.4, 0.5) is 15.3 Å². The van der Waals surface area contributed by atoms with Gasteiger partial charge in [0.2, 0.25) is 0 Å². The van der Waals surface area contributed by atoms with E-state index in [1.54, 1.807) is 4.90 Å². The maximum absolute atomic E-state index is 12.2. The number of piperidine rings is 1. The van der Waals surface area contributed by atoms with E-state index in [0.29, 0.717) is 13.1 Å². The number of nitro benzene ring substituents is 1. The van der Waals surface area contributed by atoms with Gasteiger partial charge in [-0.2, -0.15) is 0 Å². The maximum atomic E-state index is 12.2. The lowest BCUT2D eigenvalue weighted by molar-refractivity contribution is -0.384. The van der Waals surface area contributed by atoms with E-state index in [-0.39, 0.29) is 29.0 Å². The van der Waals surface area contributed by atoms with Crippen molar-refractivity contribution < 1.29 is 28.7 Å². The molecule has 1 aromatic carbocycles. The molecule has 1 spiro atoms. The average Bonchev–Trinajstić information content (AvgIpc) is 2.60. The van der Waals surface area contributed by atoms with E-state index in [0.717, 1.165) is 25.7 Å². The molecule has 0 radical (unpaired) electrons. The number of likely N-dealkylation sites (tertiary alicyclic amines) is 1. The fourth-order valence-corrected chi connectivity index (χ4v) is 3.78. The number of carbonyl (C=O) groups excluding carboxylic acids is 2. The molecule has 9 nitrogen and oxygen atoms in total. The van der Waals surface area contributed by atoms with Gasteiger partial charge in [-0.15, -0.1) is 0 Å². The molecule has 2 aliphatic rings. The van der Waals surface area contributed by atoms with Gasteiger partial charge in [-0.1, -0.05) is 0 Å². The van der Waals surface area contributed by atoms with Crippen LogP contribution in [0.1, 0.15) is 46.5 Å². The number of nitro groups is 1. The summed E-state index contributed by atoms with van der Waals surface area (Å²) in [4.78, 5) is 35.9. The van der Waals surface area contributed by atoms with E-state index in [1.807, 2.05) is 20.8 Å². The minimum Gasteiger partial charge on any atom is -0.444 e. The second kappa shape index (κ2) is 7.88. The molecule has 1 heterocycles. The Bertz CT molecular complexity index is 769. The third-order valence-electron chi connectivity index (χ3n) is 5.31. The Morgan fingerprint density at radius 3 is 2.24 bits per heavy atom. The zero-order chi connectivity index (χ0) is 21.2. The predicted octanol–water partition coefficient (Wildman–Crippen LogP) is 4.29. The van der Waals surface area contributed by atoms with Gasteiger partial charge in [0.25, 0.3) is 5.69 Å². The Labute approximate surface area is 169 Å². The molecule has 1 saturated heterocycles. The number of non-ortho nitro benzene ring substituents is 1. The van der Waals surface area contributed by atoms with Crippen LogP contribution >= 0.6 is 0 Å². The lowest BCUT2D eigenvalue weighted by Crippen LogP contribution is -2.52. The van der Waals surface area contributed by atoms with Gasteiger partial charge in [0, 0.05) is 25.2 Å². The van der Waals surface area contributed by atoms with Gasteiger partial charge in [-0.3, -0.25) is 10.1 Å². The molecule has 1 aliphatic carbocycles. The highest BCUT2D eigenvalue weighted by Gasteiger charge is 2.48. The van der Waals surface area contributed by atoms with Gasteiger partial charge >= 0.3 is 12.2 Å². The summed E-state index contributed by atoms with van der Waals surface area (Å²) in [6.07, 6.45) is 1.87. The quantitative estimate of drug-likeness (QED) is 0.319. The van der Waals surface area contributed by atoms with Crippen LogP contribution in [0.25, 0.3) is 0 Å². The van der Waals surface area contributed by atoms with Crippen LogP contribution in [0.3, 0.4) is 0 Å². The summed E-state index contributed by atoms with van der Waals surface area (Å²) in [6.45, 7) is 6.81. The molecule has 0 N–H and O–H groups in total. The first kappa shape index (κ1) is 20.9. The van der Waals surface area contributed by atoms with E-state index < -0.39 is 16.7 Å². The van der Waals surface area contributed by atoms with Crippen LogP contribution in [0.2, 0.25) is 0 Å². The van der Waals surface area contributed by atoms with Gasteiger partial charge in [0.05, 0.1) is 4.92 Å². The molecule has 1 aliphatic heterocycles. The van der Waals surface area contributed by atoms with Gasteiger partial charge in [-0.05, 0) is 64.0 Å². The molecule has 0 unspecified atom stereocenters. The van der Waals surface area contributed by atoms with Crippen LogP contribution in [0.5, 0.6) is 5.75 Å². The maximum Gasteiger partial charge on any atom is 0.514 e. The first-order valence-corrected chi connectivity index (χ1v) is 9.66. The Kier molecular flexibility index (Phi) is 5.68. The Morgan fingerprint density at radius 1 is 1.14 bits per heavy atom. The smallest absolute Gasteiger partial charge is 0.444 e. The summed E-state index contributed by atoms with van der Waals surface area (Å²) in [6, 6.07) is 5.24. The zero-order valence-electron chi connectivity index (χ0n) is 16.9. The molecule has 29 heavy (non-hydrogen) atoms. The zero-order valence-corrected chi connectivity index (χ0v) is 16.9. The highest BCUT2D eigenvalue weighted by atomic mass is 16.7. The van der Waals surface area contributed by atoms with Crippen LogP contribution in [-0.4, -0.2) is 46.9 Å². The third-order valence-corrected chi connectivity index (χ3v) is 5.31. The summed E-state index contributed by atoms with van der Waals surface area (Å²) in [5.41, 5.74) is -0.493. The number of amides is 1. The van der Waals surface area contributed by atoms with Crippen LogP contribution in [-0.2, 0) is 9.47 Å². The number of nitrogens with zero attached hydrogens (tertiary/aromatic N) is 2. The van der Waals surface area contributed by atoms with Gasteiger partial charge < -0.3 is 19.1 Å². The molecule has 3 rings (SSSR count). The Morgan fingerprint density at radius 2 is 1.72 bits per heavy atom. The van der Waals surface area contributed by atoms with E-state index in [1.165, 1.54) is 24.3 Å². The third kappa shape index (κ3) is 5.36. The van der Waals surface area contributed by atoms with Crippen molar-refractivity contribution in [3.8, 4) is 5.75 Å². The van der Waals surface area contributed by atoms with Gasteiger partial charge in [0.1, 0.15) is 17.5 Å². The second-order valence-corrected chi connectivity index (χ2v) is 8.72. The van der Waals surface area contributed by atoms with Crippen molar-refractivity contribution in [3.05, 3.63) is 34.4 Å². The standard InChI is InChI=1S/C20H26N2O7/c1-19(2,3)29-17(23)21-10-8-20(9-11-21)12-16(13-20)28-18(24)27-15-6-4-14(5-7-15)22(25)26/h4-7,16H,8-13H2,1-3H3. The fraction of sp³-hybridized carbons (Fsp3) is 0.600. The first-order chi connectivity index (χ1) is 13.6. The molecule has 0 aromatic heterocycles. The van der Waals surface area contributed by atoms with E-state index in [4.69, 9.17) is 14.2 Å². The lowest BCUT2D eigenvalue weighted by Gasteiger charge is -2.51. The first-order valence-electron chi connectivity index (χ1n) is 9.66. The highest BCUT2D eigenvalue weighted by Crippen LogP contribution is 2.50. The van der Waals surface area contributed by atoms with Crippen molar-refractivity contribution in [1.82, 2.24) is 4.90 Å². The number of hydrogen-bond acceptors (Lipinski definition) is 7. The SMILES string of the molecule is CC(C)(C)OC(=O)N1CCC2(CC1)CC(OC(=O)Oc1ccc([N+](=O)[O-])cc1)C2.